The summed E-state index contributed by atoms with van der Waals surface area (Å²) in [6.45, 7) is 0. The minimum Gasteiger partial charge on any atom is -0.265 e. The van der Waals surface area contributed by atoms with Crippen LogP contribution >= 0.6 is 11.8 Å². The summed E-state index contributed by atoms with van der Waals surface area (Å²) in [6, 6.07) is 0. The minimum atomic E-state index is -0.313. The lowest BCUT2D eigenvalue weighted by Gasteiger charge is -2.07. The monoisotopic (exact) mass is 250 g/mol. The number of amidine groups is 2. The van der Waals surface area contributed by atoms with Gasteiger partial charge in [0.1, 0.15) is 12.2 Å². The Morgan fingerprint density at radius 2 is 2.12 bits per heavy atom. The molecule has 0 atom stereocenters. The van der Waals surface area contributed by atoms with Crippen molar-refractivity contribution in [1.29, 1.82) is 0 Å². The molecule has 0 aromatic heterocycles. The van der Waals surface area contributed by atoms with E-state index in [1.54, 1.807) is 0 Å². The van der Waals surface area contributed by atoms with Crippen molar-refractivity contribution in [2.45, 2.75) is 25.7 Å². The molecular formula is C11H14N4OS. The van der Waals surface area contributed by atoms with Crippen LogP contribution in [0.15, 0.2) is 20.0 Å². The molecular weight excluding hydrogens is 236 g/mol. The fraction of sp³-hybridized carbons (Fsp3) is 0.545. The van der Waals surface area contributed by atoms with Crippen LogP contribution in [0.1, 0.15) is 25.7 Å². The third-order valence-electron chi connectivity index (χ3n) is 2.50. The van der Waals surface area contributed by atoms with Crippen LogP contribution in [0.2, 0.25) is 0 Å². The lowest BCUT2D eigenvalue weighted by Crippen LogP contribution is -2.25. The van der Waals surface area contributed by atoms with Crippen LogP contribution in [0.25, 0.3) is 0 Å². The molecule has 2 rings (SSSR count). The molecule has 0 saturated heterocycles. The molecule has 1 amide bonds. The van der Waals surface area contributed by atoms with E-state index in [1.165, 1.54) is 18.5 Å². The molecule has 0 unspecified atom stereocenters. The second kappa shape index (κ2) is 5.86. The maximum absolute atomic E-state index is 11.5. The van der Waals surface area contributed by atoms with Crippen molar-refractivity contribution in [2.75, 3.05) is 12.0 Å². The third kappa shape index (κ3) is 3.09. The van der Waals surface area contributed by atoms with Crippen molar-refractivity contribution in [3.05, 3.63) is 0 Å². The van der Waals surface area contributed by atoms with E-state index < -0.39 is 0 Å². The maximum Gasteiger partial charge on any atom is 0.301 e. The molecule has 0 radical (unpaired) electrons. The van der Waals surface area contributed by atoms with Gasteiger partial charge in [0.2, 0.25) is 0 Å². The summed E-state index contributed by atoms with van der Waals surface area (Å²) in [5.74, 6) is 1.88. The molecule has 0 N–H and O–H groups in total. The molecule has 5 nitrogen and oxygen atoms in total. The van der Waals surface area contributed by atoms with E-state index in [-0.39, 0.29) is 11.6 Å². The van der Waals surface area contributed by atoms with Gasteiger partial charge in [-0.3, -0.25) is 4.79 Å². The van der Waals surface area contributed by atoms with Crippen LogP contribution < -0.4 is 0 Å². The Kier molecular flexibility index (Phi) is 4.19. The van der Waals surface area contributed by atoms with Crippen LogP contribution in [0.3, 0.4) is 0 Å². The second-order valence-corrected chi connectivity index (χ2v) is 4.78. The van der Waals surface area contributed by atoms with Gasteiger partial charge in [-0.2, -0.15) is 16.8 Å². The quantitative estimate of drug-likeness (QED) is 0.674. The van der Waals surface area contributed by atoms with Crippen LogP contribution in [0.4, 0.5) is 0 Å². The highest BCUT2D eigenvalue weighted by Crippen LogP contribution is 2.10. The highest BCUT2D eigenvalue weighted by Gasteiger charge is 2.25. The molecule has 2 aliphatic rings. The molecule has 0 spiro atoms. The van der Waals surface area contributed by atoms with E-state index in [9.17, 15) is 4.79 Å². The summed E-state index contributed by atoms with van der Waals surface area (Å²) in [6.07, 6.45) is 7.55. The summed E-state index contributed by atoms with van der Waals surface area (Å²) >= 11 is 1.85. The van der Waals surface area contributed by atoms with E-state index in [1.807, 2.05) is 11.8 Å². The molecule has 0 fully saturated rings. The highest BCUT2D eigenvalue weighted by molar-refractivity contribution is 7.98. The first-order valence-corrected chi connectivity index (χ1v) is 7.01. The number of nitrogens with zero attached hydrogens (tertiary/aromatic N) is 4. The van der Waals surface area contributed by atoms with Gasteiger partial charge in [-0.25, -0.2) is 15.0 Å². The van der Waals surface area contributed by atoms with Gasteiger partial charge in [0.05, 0.1) is 0 Å². The Hall–Kier alpha value is -1.30. The first-order chi connectivity index (χ1) is 8.31. The predicted molar refractivity (Wildman–Crippen MR) is 72.7 cm³/mol. The zero-order chi connectivity index (χ0) is 12.1. The number of carbonyl (C=O) groups excluding carboxylic acids is 1. The van der Waals surface area contributed by atoms with Gasteiger partial charge < -0.3 is 0 Å². The molecule has 0 aromatic carbocycles. The van der Waals surface area contributed by atoms with Gasteiger partial charge in [-0.1, -0.05) is 6.42 Å². The molecule has 2 heterocycles. The topological polar surface area (TPSA) is 66.5 Å². The van der Waals surface area contributed by atoms with Crippen molar-refractivity contribution >= 4 is 41.4 Å². The van der Waals surface area contributed by atoms with E-state index in [4.69, 9.17) is 0 Å². The lowest BCUT2D eigenvalue weighted by atomic mass is 10.2. The van der Waals surface area contributed by atoms with Crippen LogP contribution in [0.5, 0.6) is 0 Å². The Morgan fingerprint density at radius 3 is 2.94 bits per heavy atom. The van der Waals surface area contributed by atoms with Gasteiger partial charge >= 0.3 is 5.91 Å². The number of thioether (sulfide) groups is 1. The Balaban J connectivity index is 1.84. The van der Waals surface area contributed by atoms with Crippen molar-refractivity contribution < 1.29 is 4.79 Å². The zero-order valence-corrected chi connectivity index (χ0v) is 10.5. The van der Waals surface area contributed by atoms with Crippen LogP contribution in [-0.4, -0.2) is 41.6 Å². The number of rotatable bonds is 6. The fourth-order valence-corrected chi connectivity index (χ4v) is 2.12. The molecule has 17 heavy (non-hydrogen) atoms. The van der Waals surface area contributed by atoms with Crippen LogP contribution in [0, 0.1) is 0 Å². The van der Waals surface area contributed by atoms with Crippen LogP contribution in [-0.2, 0) is 4.79 Å². The maximum atomic E-state index is 11.5. The average molecular weight is 250 g/mol. The number of aliphatic imine (C=N–C) groups is 4. The van der Waals surface area contributed by atoms with Gasteiger partial charge in [-0.15, -0.1) is 0 Å². The minimum absolute atomic E-state index is 0.274. The first kappa shape index (κ1) is 12.2. The van der Waals surface area contributed by atoms with E-state index in [0.717, 1.165) is 19.3 Å². The number of carbonyl (C=O) groups is 1. The lowest BCUT2D eigenvalue weighted by molar-refractivity contribution is -0.111. The summed E-state index contributed by atoms with van der Waals surface area (Å²) in [4.78, 5) is 27.4. The number of hydrogen-bond donors (Lipinski definition) is 0. The van der Waals surface area contributed by atoms with E-state index in [2.05, 4.69) is 26.2 Å². The average Bonchev–Trinajstić information content (AvgIpc) is 2.77. The number of amides is 1. The summed E-state index contributed by atoms with van der Waals surface area (Å²) < 4.78 is 0. The summed E-state index contributed by atoms with van der Waals surface area (Å²) in [5, 5.41) is 0. The van der Waals surface area contributed by atoms with Crippen molar-refractivity contribution in [1.82, 2.24) is 0 Å². The fourth-order valence-electron chi connectivity index (χ4n) is 1.63. The molecule has 0 aliphatic carbocycles. The largest absolute Gasteiger partial charge is 0.301 e. The molecule has 2 aliphatic heterocycles. The zero-order valence-electron chi connectivity index (χ0n) is 9.72. The van der Waals surface area contributed by atoms with E-state index >= 15 is 0 Å². The molecule has 90 valence electrons. The van der Waals surface area contributed by atoms with E-state index in [0.29, 0.717) is 11.7 Å². The molecule has 0 aromatic rings. The molecule has 0 bridgehead atoms. The SMILES string of the molecule is CSCCCCCC1=NC(=O)C2=NC=NC2=N1. The third-order valence-corrected chi connectivity index (χ3v) is 3.19. The Morgan fingerprint density at radius 1 is 1.24 bits per heavy atom. The predicted octanol–water partition coefficient (Wildman–Crippen LogP) is 1.73. The normalized spacial score (nSPS) is 17.7. The smallest absolute Gasteiger partial charge is 0.265 e. The highest BCUT2D eigenvalue weighted by atomic mass is 32.2. The second-order valence-electron chi connectivity index (χ2n) is 3.79. The number of unbranched alkanes of at least 4 members (excludes halogenated alkanes) is 2. The molecule has 6 heteroatoms. The number of hydrogen-bond acceptors (Lipinski definition) is 5. The standard InChI is InChI=1S/C11H14N4OS/c1-17-6-4-2-3-5-8-14-10-9(11(16)15-8)12-7-13-10/h7H,2-6H2,1H3. The summed E-state index contributed by atoms with van der Waals surface area (Å²) in [7, 11) is 0. The summed E-state index contributed by atoms with van der Waals surface area (Å²) in [5.41, 5.74) is 0.274. The number of fused-ring (bicyclic) bond motifs is 1. The van der Waals surface area contributed by atoms with Crippen molar-refractivity contribution in [3.8, 4) is 0 Å². The van der Waals surface area contributed by atoms with Gasteiger partial charge in [0.25, 0.3) is 0 Å². The van der Waals surface area contributed by atoms with Gasteiger partial charge in [0.15, 0.2) is 11.5 Å². The molecule has 0 saturated carbocycles. The van der Waals surface area contributed by atoms with Gasteiger partial charge in [0, 0.05) is 6.42 Å². The van der Waals surface area contributed by atoms with Gasteiger partial charge in [-0.05, 0) is 24.9 Å². The Labute approximate surface area is 104 Å². The van der Waals surface area contributed by atoms with Crippen molar-refractivity contribution in [3.63, 3.8) is 0 Å². The first-order valence-electron chi connectivity index (χ1n) is 5.61. The Bertz CT molecular complexity index is 437. The van der Waals surface area contributed by atoms with Crippen molar-refractivity contribution in [2.24, 2.45) is 20.0 Å².